The number of hydrogen-bond donors (Lipinski definition) is 2. The summed E-state index contributed by atoms with van der Waals surface area (Å²) in [6, 6.07) is 5.59. The topological polar surface area (TPSA) is 49.7 Å². The lowest BCUT2D eigenvalue weighted by Gasteiger charge is -2.13. The summed E-state index contributed by atoms with van der Waals surface area (Å²) in [4.78, 5) is 0. The van der Waals surface area contributed by atoms with Gasteiger partial charge >= 0.3 is 0 Å². The summed E-state index contributed by atoms with van der Waals surface area (Å²) in [7, 11) is 0. The number of ether oxygens (including phenoxy) is 1. The van der Waals surface area contributed by atoms with Crippen molar-refractivity contribution in [2.75, 3.05) is 6.61 Å². The number of aliphatic hydroxyl groups excluding tert-OH is 2. The number of rotatable bonds is 4. The van der Waals surface area contributed by atoms with E-state index in [9.17, 15) is 0 Å². The van der Waals surface area contributed by atoms with Gasteiger partial charge in [0.1, 0.15) is 12.4 Å². The van der Waals surface area contributed by atoms with Crippen LogP contribution >= 0.6 is 0 Å². The summed E-state index contributed by atoms with van der Waals surface area (Å²) < 4.78 is 5.41. The van der Waals surface area contributed by atoms with Gasteiger partial charge in [-0.2, -0.15) is 0 Å². The monoisotopic (exact) mass is 196 g/mol. The number of benzene rings is 1. The fourth-order valence-corrected chi connectivity index (χ4v) is 1.25. The Morgan fingerprint density at radius 1 is 1.43 bits per heavy atom. The molecular weight excluding hydrogens is 180 g/mol. The minimum absolute atomic E-state index is 0.0448. The summed E-state index contributed by atoms with van der Waals surface area (Å²) in [6.45, 7) is 3.78. The third-order valence-electron chi connectivity index (χ3n) is 1.93. The smallest absolute Gasteiger partial charge is 0.127 e. The van der Waals surface area contributed by atoms with Gasteiger partial charge in [-0.3, -0.25) is 0 Å². The molecule has 1 rings (SSSR count). The van der Waals surface area contributed by atoms with E-state index in [0.717, 1.165) is 11.1 Å². The van der Waals surface area contributed by atoms with Gasteiger partial charge in [0, 0.05) is 5.56 Å². The quantitative estimate of drug-likeness (QED) is 0.762. The Kier molecular flexibility index (Phi) is 3.92. The third kappa shape index (κ3) is 2.72. The van der Waals surface area contributed by atoms with Crippen molar-refractivity contribution >= 4 is 0 Å². The lowest BCUT2D eigenvalue weighted by atomic mass is 10.1. The van der Waals surface area contributed by atoms with Crippen LogP contribution in [0.3, 0.4) is 0 Å². The molecule has 0 fully saturated rings. The molecule has 78 valence electrons. The van der Waals surface area contributed by atoms with Gasteiger partial charge in [0.25, 0.3) is 0 Å². The molecule has 1 aromatic carbocycles. The van der Waals surface area contributed by atoms with Gasteiger partial charge in [-0.05, 0) is 19.4 Å². The van der Waals surface area contributed by atoms with Gasteiger partial charge in [-0.15, -0.1) is 0 Å². The minimum atomic E-state index is -0.499. The lowest BCUT2D eigenvalue weighted by Crippen LogP contribution is -2.14. The van der Waals surface area contributed by atoms with Crippen LogP contribution in [0.1, 0.15) is 18.1 Å². The number of aliphatic hydroxyl groups is 2. The predicted molar refractivity (Wildman–Crippen MR) is 54.3 cm³/mol. The van der Waals surface area contributed by atoms with Gasteiger partial charge < -0.3 is 14.9 Å². The molecule has 0 radical (unpaired) electrons. The van der Waals surface area contributed by atoms with Crippen LogP contribution in [0.15, 0.2) is 18.2 Å². The van der Waals surface area contributed by atoms with Gasteiger partial charge in [0.05, 0.1) is 12.7 Å². The summed E-state index contributed by atoms with van der Waals surface area (Å²) in [5.74, 6) is 0.677. The average molecular weight is 196 g/mol. The Morgan fingerprint density at radius 2 is 2.14 bits per heavy atom. The van der Waals surface area contributed by atoms with Gasteiger partial charge in [0.2, 0.25) is 0 Å². The maximum atomic E-state index is 9.08. The van der Waals surface area contributed by atoms with Gasteiger partial charge in [-0.25, -0.2) is 0 Å². The molecule has 0 spiro atoms. The third-order valence-corrected chi connectivity index (χ3v) is 1.93. The maximum absolute atomic E-state index is 9.08. The van der Waals surface area contributed by atoms with E-state index in [4.69, 9.17) is 14.9 Å². The van der Waals surface area contributed by atoms with E-state index < -0.39 is 6.10 Å². The first kappa shape index (κ1) is 11.0. The molecular formula is C11H16O3. The van der Waals surface area contributed by atoms with Crippen molar-refractivity contribution in [1.29, 1.82) is 0 Å². The first-order chi connectivity index (χ1) is 6.65. The zero-order valence-corrected chi connectivity index (χ0v) is 8.53. The van der Waals surface area contributed by atoms with Crippen molar-refractivity contribution < 1.29 is 14.9 Å². The number of aryl methyl sites for hydroxylation is 1. The van der Waals surface area contributed by atoms with E-state index in [-0.39, 0.29) is 13.2 Å². The van der Waals surface area contributed by atoms with Gasteiger partial charge in [-0.1, -0.05) is 18.2 Å². The molecule has 1 atom stereocenters. The lowest BCUT2D eigenvalue weighted by molar-refractivity contribution is 0.120. The van der Waals surface area contributed by atoms with Crippen molar-refractivity contribution in [3.8, 4) is 5.75 Å². The van der Waals surface area contributed by atoms with Crippen molar-refractivity contribution in [2.24, 2.45) is 0 Å². The molecule has 0 aliphatic heterocycles. The van der Waals surface area contributed by atoms with E-state index in [1.165, 1.54) is 0 Å². The highest BCUT2D eigenvalue weighted by molar-refractivity contribution is 5.40. The van der Waals surface area contributed by atoms with Crippen LogP contribution in [-0.4, -0.2) is 22.9 Å². The predicted octanol–water partition coefficient (Wildman–Crippen LogP) is 1.25. The molecule has 2 N–H and O–H groups in total. The van der Waals surface area contributed by atoms with Crippen LogP contribution in [0, 0.1) is 6.92 Å². The molecule has 0 bridgehead atoms. The SMILES string of the molecule is Cc1cccc(CO)c1OCC(C)O. The first-order valence-corrected chi connectivity index (χ1v) is 4.65. The number of para-hydroxylation sites is 1. The Balaban J connectivity index is 2.82. The fraction of sp³-hybridized carbons (Fsp3) is 0.455. The number of hydrogen-bond acceptors (Lipinski definition) is 3. The Hall–Kier alpha value is -1.06. The van der Waals surface area contributed by atoms with Crippen LogP contribution < -0.4 is 4.74 Å². The second-order valence-electron chi connectivity index (χ2n) is 3.38. The molecule has 0 amide bonds. The normalized spacial score (nSPS) is 12.6. The van der Waals surface area contributed by atoms with Crippen molar-refractivity contribution in [2.45, 2.75) is 26.6 Å². The summed E-state index contributed by atoms with van der Waals surface area (Å²) in [6.07, 6.45) is -0.499. The fourth-order valence-electron chi connectivity index (χ4n) is 1.25. The molecule has 0 saturated heterocycles. The molecule has 1 aromatic rings. The summed E-state index contributed by atoms with van der Waals surface area (Å²) in [5, 5.41) is 18.1. The summed E-state index contributed by atoms with van der Waals surface area (Å²) in [5.41, 5.74) is 1.72. The van der Waals surface area contributed by atoms with E-state index in [0.29, 0.717) is 5.75 Å². The average Bonchev–Trinajstić information content (AvgIpc) is 2.15. The molecule has 0 saturated carbocycles. The minimum Gasteiger partial charge on any atom is -0.490 e. The second-order valence-corrected chi connectivity index (χ2v) is 3.38. The Labute approximate surface area is 84.0 Å². The standard InChI is InChI=1S/C11H16O3/c1-8-4-3-5-10(6-12)11(8)14-7-9(2)13/h3-5,9,12-13H,6-7H2,1-2H3. The van der Waals surface area contributed by atoms with Gasteiger partial charge in [0.15, 0.2) is 0 Å². The zero-order chi connectivity index (χ0) is 10.6. The Morgan fingerprint density at radius 3 is 2.71 bits per heavy atom. The highest BCUT2D eigenvalue weighted by Crippen LogP contribution is 2.23. The molecule has 14 heavy (non-hydrogen) atoms. The van der Waals surface area contributed by atoms with Crippen LogP contribution in [0.25, 0.3) is 0 Å². The highest BCUT2D eigenvalue weighted by Gasteiger charge is 2.06. The van der Waals surface area contributed by atoms with E-state index >= 15 is 0 Å². The van der Waals surface area contributed by atoms with Crippen LogP contribution in [0.2, 0.25) is 0 Å². The van der Waals surface area contributed by atoms with Crippen LogP contribution in [-0.2, 0) is 6.61 Å². The highest BCUT2D eigenvalue weighted by atomic mass is 16.5. The largest absolute Gasteiger partial charge is 0.490 e. The van der Waals surface area contributed by atoms with Crippen LogP contribution in [0.5, 0.6) is 5.75 Å². The van der Waals surface area contributed by atoms with Crippen molar-refractivity contribution in [3.05, 3.63) is 29.3 Å². The maximum Gasteiger partial charge on any atom is 0.127 e. The second kappa shape index (κ2) is 4.98. The first-order valence-electron chi connectivity index (χ1n) is 4.65. The summed E-state index contributed by atoms with van der Waals surface area (Å²) >= 11 is 0. The Bertz CT molecular complexity index is 295. The zero-order valence-electron chi connectivity index (χ0n) is 8.53. The van der Waals surface area contributed by atoms with E-state index in [2.05, 4.69) is 0 Å². The van der Waals surface area contributed by atoms with Crippen molar-refractivity contribution in [1.82, 2.24) is 0 Å². The van der Waals surface area contributed by atoms with E-state index in [1.54, 1.807) is 6.92 Å². The van der Waals surface area contributed by atoms with Crippen LogP contribution in [0.4, 0.5) is 0 Å². The molecule has 0 heterocycles. The molecule has 3 heteroatoms. The van der Waals surface area contributed by atoms with Crippen molar-refractivity contribution in [3.63, 3.8) is 0 Å². The van der Waals surface area contributed by atoms with E-state index in [1.807, 2.05) is 25.1 Å². The molecule has 0 aliphatic carbocycles. The molecule has 3 nitrogen and oxygen atoms in total. The molecule has 0 aliphatic rings. The molecule has 1 unspecified atom stereocenters. The molecule has 0 aromatic heterocycles.